The van der Waals surface area contributed by atoms with Crippen molar-refractivity contribution in [2.24, 2.45) is 0 Å². The first-order valence-electron chi connectivity index (χ1n) is 10.6. The Labute approximate surface area is 193 Å². The summed E-state index contributed by atoms with van der Waals surface area (Å²) < 4.78 is 11.1. The normalized spacial score (nSPS) is 17.9. The molecule has 1 amide bonds. The Morgan fingerprint density at radius 1 is 1.19 bits per heavy atom. The van der Waals surface area contributed by atoms with Gasteiger partial charge in [-0.15, -0.1) is 0 Å². The van der Waals surface area contributed by atoms with E-state index in [0.717, 1.165) is 11.1 Å². The summed E-state index contributed by atoms with van der Waals surface area (Å²) in [5.74, 6) is -1.25. The van der Waals surface area contributed by atoms with E-state index in [-0.39, 0.29) is 41.2 Å². The Morgan fingerprint density at radius 2 is 1.94 bits per heavy atom. The third-order valence-electron chi connectivity index (χ3n) is 5.19. The molecule has 170 valence electrons. The monoisotopic (exact) mass is 457 g/mol. The maximum atomic E-state index is 13.1. The van der Waals surface area contributed by atoms with Gasteiger partial charge in [0.05, 0.1) is 36.0 Å². The zero-order chi connectivity index (χ0) is 23.4. The third kappa shape index (κ3) is 4.97. The summed E-state index contributed by atoms with van der Waals surface area (Å²) in [5.41, 5.74) is 1.95. The predicted molar refractivity (Wildman–Crippen MR) is 124 cm³/mol. The minimum Gasteiger partial charge on any atom is -0.507 e. The molecule has 2 aromatic carbocycles. The summed E-state index contributed by atoms with van der Waals surface area (Å²) in [7, 11) is 0. The van der Waals surface area contributed by atoms with Crippen molar-refractivity contribution in [1.29, 1.82) is 0 Å². The number of hydrogen-bond donors (Lipinski definition) is 1. The van der Waals surface area contributed by atoms with E-state index in [1.807, 2.05) is 52.0 Å². The van der Waals surface area contributed by atoms with Gasteiger partial charge in [-0.1, -0.05) is 41.4 Å². The molecule has 32 heavy (non-hydrogen) atoms. The SMILES string of the molecule is CCOc1ccc(Cl)c(/C(O)=C2\C(=O)C(=O)N(CCOC(C)C)C2c2cccc(C)c2)c1. The topological polar surface area (TPSA) is 76.1 Å². The Morgan fingerprint density at radius 3 is 2.59 bits per heavy atom. The Balaban J connectivity index is 2.14. The van der Waals surface area contributed by atoms with Crippen molar-refractivity contribution in [2.45, 2.75) is 39.8 Å². The van der Waals surface area contributed by atoms with Gasteiger partial charge < -0.3 is 19.5 Å². The molecule has 0 radical (unpaired) electrons. The molecule has 0 aliphatic carbocycles. The fourth-order valence-electron chi connectivity index (χ4n) is 3.77. The largest absolute Gasteiger partial charge is 0.507 e. The second-order valence-corrected chi connectivity index (χ2v) is 8.31. The van der Waals surface area contributed by atoms with E-state index in [1.165, 1.54) is 4.90 Å². The van der Waals surface area contributed by atoms with Gasteiger partial charge >= 0.3 is 0 Å². The molecule has 1 aliphatic heterocycles. The van der Waals surface area contributed by atoms with Crippen LogP contribution in [0.5, 0.6) is 5.75 Å². The number of Topliss-reactive ketones (excluding diaryl/α,β-unsaturated/α-hetero) is 1. The van der Waals surface area contributed by atoms with E-state index >= 15 is 0 Å². The molecule has 3 rings (SSSR count). The number of aliphatic hydroxyl groups is 1. The van der Waals surface area contributed by atoms with Gasteiger partial charge in [0.2, 0.25) is 0 Å². The van der Waals surface area contributed by atoms with Crippen molar-refractivity contribution in [3.8, 4) is 5.75 Å². The van der Waals surface area contributed by atoms with Crippen LogP contribution in [0.3, 0.4) is 0 Å². The second-order valence-electron chi connectivity index (χ2n) is 7.90. The van der Waals surface area contributed by atoms with Crippen molar-refractivity contribution in [2.75, 3.05) is 19.8 Å². The minimum absolute atomic E-state index is 0.000644. The van der Waals surface area contributed by atoms with E-state index in [1.54, 1.807) is 18.2 Å². The van der Waals surface area contributed by atoms with Crippen LogP contribution in [0.2, 0.25) is 5.02 Å². The van der Waals surface area contributed by atoms with Crippen molar-refractivity contribution >= 4 is 29.1 Å². The quantitative estimate of drug-likeness (QED) is 0.347. The van der Waals surface area contributed by atoms with Crippen LogP contribution >= 0.6 is 11.6 Å². The summed E-state index contributed by atoms with van der Waals surface area (Å²) in [6.07, 6.45) is -0.00986. The van der Waals surface area contributed by atoms with Gasteiger partial charge in [0.1, 0.15) is 11.5 Å². The Bertz CT molecular complexity index is 1050. The van der Waals surface area contributed by atoms with Crippen LogP contribution in [-0.2, 0) is 14.3 Å². The first kappa shape index (κ1) is 23.8. The summed E-state index contributed by atoms with van der Waals surface area (Å²) in [6, 6.07) is 11.6. The average Bonchev–Trinajstić information content (AvgIpc) is 2.99. The lowest BCUT2D eigenvalue weighted by atomic mass is 9.94. The highest BCUT2D eigenvalue weighted by molar-refractivity contribution is 6.47. The van der Waals surface area contributed by atoms with E-state index in [4.69, 9.17) is 21.1 Å². The summed E-state index contributed by atoms with van der Waals surface area (Å²) in [4.78, 5) is 27.5. The fourth-order valence-corrected chi connectivity index (χ4v) is 3.98. The van der Waals surface area contributed by atoms with Crippen LogP contribution in [0.25, 0.3) is 5.76 Å². The molecule has 1 heterocycles. The van der Waals surface area contributed by atoms with Gasteiger partial charge in [0.25, 0.3) is 11.7 Å². The minimum atomic E-state index is -0.753. The molecule has 6 nitrogen and oxygen atoms in total. The van der Waals surface area contributed by atoms with Gasteiger partial charge in [0, 0.05) is 12.1 Å². The molecule has 0 spiro atoms. The fraction of sp³-hybridized carbons (Fsp3) is 0.360. The number of carbonyl (C=O) groups is 2. The van der Waals surface area contributed by atoms with Crippen molar-refractivity contribution in [3.63, 3.8) is 0 Å². The lowest BCUT2D eigenvalue weighted by Crippen LogP contribution is -2.33. The maximum Gasteiger partial charge on any atom is 0.295 e. The molecule has 0 saturated carbocycles. The summed E-state index contributed by atoms with van der Waals surface area (Å²) >= 11 is 6.35. The molecule has 1 saturated heterocycles. The number of carbonyl (C=O) groups excluding carboxylic acids is 2. The van der Waals surface area contributed by atoms with Crippen LogP contribution in [0.15, 0.2) is 48.0 Å². The number of benzene rings is 2. The summed E-state index contributed by atoms with van der Waals surface area (Å²) in [5, 5.41) is 11.5. The number of ketones is 1. The number of rotatable bonds is 8. The summed E-state index contributed by atoms with van der Waals surface area (Å²) in [6.45, 7) is 8.50. The van der Waals surface area contributed by atoms with Crippen LogP contribution in [0.4, 0.5) is 0 Å². The molecule has 7 heteroatoms. The second kappa shape index (κ2) is 10.2. The zero-order valence-corrected chi connectivity index (χ0v) is 19.5. The maximum absolute atomic E-state index is 13.1. The van der Waals surface area contributed by atoms with E-state index < -0.39 is 17.7 Å². The van der Waals surface area contributed by atoms with Crippen LogP contribution in [-0.4, -0.2) is 47.6 Å². The van der Waals surface area contributed by atoms with Gasteiger partial charge in [-0.2, -0.15) is 0 Å². The lowest BCUT2D eigenvalue weighted by molar-refractivity contribution is -0.140. The molecular weight excluding hydrogens is 430 g/mol. The van der Waals surface area contributed by atoms with Gasteiger partial charge in [-0.05, 0) is 51.5 Å². The predicted octanol–water partition coefficient (Wildman–Crippen LogP) is 4.89. The van der Waals surface area contributed by atoms with Crippen LogP contribution in [0.1, 0.15) is 43.5 Å². The molecule has 1 aliphatic rings. The van der Waals surface area contributed by atoms with Crippen molar-refractivity contribution in [1.82, 2.24) is 4.90 Å². The third-order valence-corrected chi connectivity index (χ3v) is 5.51. The number of nitrogens with zero attached hydrogens (tertiary/aromatic N) is 1. The first-order chi connectivity index (χ1) is 15.2. The number of halogens is 1. The van der Waals surface area contributed by atoms with Gasteiger partial charge in [-0.25, -0.2) is 0 Å². The highest BCUT2D eigenvalue weighted by Crippen LogP contribution is 2.41. The van der Waals surface area contributed by atoms with Gasteiger partial charge in [0.15, 0.2) is 0 Å². The van der Waals surface area contributed by atoms with E-state index in [9.17, 15) is 14.7 Å². The van der Waals surface area contributed by atoms with Crippen LogP contribution in [0, 0.1) is 6.92 Å². The smallest absolute Gasteiger partial charge is 0.295 e. The molecule has 1 fully saturated rings. The van der Waals surface area contributed by atoms with Crippen LogP contribution < -0.4 is 4.74 Å². The molecule has 1 atom stereocenters. The number of amides is 1. The van der Waals surface area contributed by atoms with E-state index in [0.29, 0.717) is 12.4 Å². The standard InChI is InChI=1S/C25H28ClNO5/c1-5-31-18-9-10-20(26)19(14-18)23(28)21-22(17-8-6-7-16(4)13-17)27(25(30)24(21)29)11-12-32-15(2)3/h6-10,13-15,22,28H,5,11-12H2,1-4H3/b23-21+. The molecular formula is C25H28ClNO5. The highest BCUT2D eigenvalue weighted by atomic mass is 35.5. The van der Waals surface area contributed by atoms with Gasteiger partial charge in [-0.3, -0.25) is 9.59 Å². The molecule has 0 bridgehead atoms. The van der Waals surface area contributed by atoms with Crippen molar-refractivity contribution < 1.29 is 24.2 Å². The number of ether oxygens (including phenoxy) is 2. The Hall–Kier alpha value is -2.83. The lowest BCUT2D eigenvalue weighted by Gasteiger charge is -2.26. The highest BCUT2D eigenvalue weighted by Gasteiger charge is 2.46. The number of aliphatic hydroxyl groups excluding tert-OH is 1. The Kier molecular flexibility index (Phi) is 7.59. The number of aryl methyl sites for hydroxylation is 1. The molecule has 0 aromatic heterocycles. The molecule has 2 aromatic rings. The molecule has 1 unspecified atom stereocenters. The van der Waals surface area contributed by atoms with E-state index in [2.05, 4.69) is 0 Å². The average molecular weight is 458 g/mol. The van der Waals surface area contributed by atoms with Crippen molar-refractivity contribution in [3.05, 3.63) is 69.8 Å². The number of hydrogen-bond acceptors (Lipinski definition) is 5. The first-order valence-corrected chi connectivity index (χ1v) is 11.0. The molecule has 1 N–H and O–H groups in total. The number of likely N-dealkylation sites (tertiary alicyclic amines) is 1. The zero-order valence-electron chi connectivity index (χ0n) is 18.7.